The number of hydrazone groups is 1. The standard InChI is InChI=1S/C20H17BrN2O/c21-18-10-6-11-19(13-18)23-22-14-17-9-4-5-12-20(17)24-15-16-7-2-1-3-8-16/h1-14,23H,15H2/b22-14-. The van der Waals surface area contributed by atoms with Gasteiger partial charge in [0.05, 0.1) is 11.9 Å². The Hall–Kier alpha value is -2.59. The minimum Gasteiger partial charge on any atom is -0.488 e. The monoisotopic (exact) mass is 380 g/mol. The first-order valence-electron chi connectivity index (χ1n) is 7.62. The molecule has 0 aliphatic carbocycles. The third-order valence-corrected chi connectivity index (χ3v) is 3.87. The molecule has 0 amide bonds. The maximum atomic E-state index is 5.92. The molecule has 3 aromatic carbocycles. The van der Waals surface area contributed by atoms with E-state index in [9.17, 15) is 0 Å². The Morgan fingerprint density at radius 3 is 2.54 bits per heavy atom. The fourth-order valence-corrected chi connectivity index (χ4v) is 2.59. The number of hydrogen-bond acceptors (Lipinski definition) is 3. The molecule has 0 spiro atoms. The van der Waals surface area contributed by atoms with E-state index in [1.54, 1.807) is 6.21 Å². The Morgan fingerprint density at radius 1 is 0.917 bits per heavy atom. The molecule has 0 aliphatic heterocycles. The van der Waals surface area contributed by atoms with Crippen LogP contribution < -0.4 is 10.2 Å². The van der Waals surface area contributed by atoms with Crippen molar-refractivity contribution in [2.24, 2.45) is 5.10 Å². The molecule has 3 rings (SSSR count). The molecule has 0 aliphatic rings. The van der Waals surface area contributed by atoms with Crippen molar-refractivity contribution < 1.29 is 4.74 Å². The van der Waals surface area contributed by atoms with Crippen LogP contribution in [0, 0.1) is 0 Å². The van der Waals surface area contributed by atoms with E-state index in [4.69, 9.17) is 4.74 Å². The summed E-state index contributed by atoms with van der Waals surface area (Å²) in [6.45, 7) is 0.532. The van der Waals surface area contributed by atoms with Gasteiger partial charge in [0.1, 0.15) is 12.4 Å². The van der Waals surface area contributed by atoms with Crippen LogP contribution in [0.25, 0.3) is 0 Å². The Labute approximate surface area is 150 Å². The maximum absolute atomic E-state index is 5.92. The zero-order valence-corrected chi connectivity index (χ0v) is 14.6. The van der Waals surface area contributed by atoms with Crippen LogP contribution in [0.15, 0.2) is 88.4 Å². The number of anilines is 1. The number of benzene rings is 3. The summed E-state index contributed by atoms with van der Waals surface area (Å²) < 4.78 is 6.93. The first kappa shape index (κ1) is 16.3. The number of nitrogens with zero attached hydrogens (tertiary/aromatic N) is 1. The molecular weight excluding hydrogens is 364 g/mol. The molecule has 0 heterocycles. The van der Waals surface area contributed by atoms with Crippen LogP contribution in [0.2, 0.25) is 0 Å². The second kappa shape index (κ2) is 8.31. The molecule has 0 unspecified atom stereocenters. The number of hydrogen-bond donors (Lipinski definition) is 1. The fraction of sp³-hybridized carbons (Fsp3) is 0.0500. The first-order valence-corrected chi connectivity index (χ1v) is 8.41. The lowest BCUT2D eigenvalue weighted by Gasteiger charge is -2.09. The Balaban J connectivity index is 1.66. The van der Waals surface area contributed by atoms with Crippen LogP contribution in [0.5, 0.6) is 5.75 Å². The van der Waals surface area contributed by atoms with E-state index in [0.717, 1.165) is 27.0 Å². The number of halogens is 1. The number of para-hydroxylation sites is 1. The number of nitrogens with one attached hydrogen (secondary N) is 1. The summed E-state index contributed by atoms with van der Waals surface area (Å²) in [5.74, 6) is 0.807. The fourth-order valence-electron chi connectivity index (χ4n) is 2.19. The van der Waals surface area contributed by atoms with Gasteiger partial charge >= 0.3 is 0 Å². The van der Waals surface area contributed by atoms with Gasteiger partial charge < -0.3 is 4.74 Å². The highest BCUT2D eigenvalue weighted by Crippen LogP contribution is 2.18. The summed E-state index contributed by atoms with van der Waals surface area (Å²) >= 11 is 3.44. The molecule has 4 heteroatoms. The minimum absolute atomic E-state index is 0.532. The molecule has 120 valence electrons. The van der Waals surface area contributed by atoms with Crippen molar-refractivity contribution in [3.8, 4) is 5.75 Å². The van der Waals surface area contributed by atoms with Crippen molar-refractivity contribution in [3.63, 3.8) is 0 Å². The summed E-state index contributed by atoms with van der Waals surface area (Å²) in [5.41, 5.74) is 6.00. The topological polar surface area (TPSA) is 33.6 Å². The van der Waals surface area contributed by atoms with Crippen molar-refractivity contribution in [3.05, 3.63) is 94.5 Å². The summed E-state index contributed by atoms with van der Waals surface area (Å²) in [6, 6.07) is 25.8. The molecule has 1 N–H and O–H groups in total. The molecule has 0 saturated heterocycles. The van der Waals surface area contributed by atoms with E-state index < -0.39 is 0 Å². The molecule has 0 atom stereocenters. The predicted molar refractivity (Wildman–Crippen MR) is 103 cm³/mol. The molecule has 0 bridgehead atoms. The van der Waals surface area contributed by atoms with Crippen molar-refractivity contribution in [1.29, 1.82) is 0 Å². The zero-order valence-electron chi connectivity index (χ0n) is 13.0. The highest BCUT2D eigenvalue weighted by Gasteiger charge is 2.01. The molecule has 0 fully saturated rings. The van der Waals surface area contributed by atoms with E-state index in [2.05, 4.69) is 26.5 Å². The summed E-state index contributed by atoms with van der Waals surface area (Å²) in [6.07, 6.45) is 1.77. The van der Waals surface area contributed by atoms with Gasteiger partial charge in [-0.25, -0.2) is 0 Å². The SMILES string of the molecule is Brc1cccc(N/N=C\c2ccccc2OCc2ccccc2)c1. The Kier molecular flexibility index (Phi) is 5.64. The van der Waals surface area contributed by atoms with E-state index in [1.165, 1.54) is 0 Å². The van der Waals surface area contributed by atoms with E-state index >= 15 is 0 Å². The Bertz CT molecular complexity index is 819. The van der Waals surface area contributed by atoms with Crippen LogP contribution >= 0.6 is 15.9 Å². The van der Waals surface area contributed by atoms with Gasteiger partial charge in [0.25, 0.3) is 0 Å². The van der Waals surface area contributed by atoms with E-state index in [-0.39, 0.29) is 0 Å². The van der Waals surface area contributed by atoms with E-state index in [1.807, 2.05) is 78.9 Å². The highest BCUT2D eigenvalue weighted by atomic mass is 79.9. The van der Waals surface area contributed by atoms with Crippen LogP contribution in [0.4, 0.5) is 5.69 Å². The lowest BCUT2D eigenvalue weighted by atomic mass is 10.2. The van der Waals surface area contributed by atoms with Gasteiger partial charge in [0.15, 0.2) is 0 Å². The molecular formula is C20H17BrN2O. The van der Waals surface area contributed by atoms with Gasteiger partial charge in [-0.3, -0.25) is 5.43 Å². The van der Waals surface area contributed by atoms with Crippen molar-refractivity contribution in [1.82, 2.24) is 0 Å². The maximum Gasteiger partial charge on any atom is 0.128 e. The van der Waals surface area contributed by atoms with Gasteiger partial charge in [-0.1, -0.05) is 64.5 Å². The molecule has 3 nitrogen and oxygen atoms in total. The van der Waals surface area contributed by atoms with Gasteiger partial charge in [0.2, 0.25) is 0 Å². The van der Waals surface area contributed by atoms with Gasteiger partial charge in [-0.15, -0.1) is 0 Å². The summed E-state index contributed by atoms with van der Waals surface area (Å²) in [4.78, 5) is 0. The van der Waals surface area contributed by atoms with Gasteiger partial charge in [-0.05, 0) is 35.9 Å². The third-order valence-electron chi connectivity index (χ3n) is 3.38. The lowest BCUT2D eigenvalue weighted by molar-refractivity contribution is 0.306. The van der Waals surface area contributed by atoms with Crippen molar-refractivity contribution >= 4 is 27.8 Å². The largest absolute Gasteiger partial charge is 0.488 e. The molecule has 0 saturated carbocycles. The normalized spacial score (nSPS) is 10.7. The predicted octanol–water partition coefficient (Wildman–Crippen LogP) is 5.47. The van der Waals surface area contributed by atoms with Gasteiger partial charge in [0, 0.05) is 10.0 Å². The molecule has 24 heavy (non-hydrogen) atoms. The first-order chi connectivity index (χ1) is 11.8. The average molecular weight is 381 g/mol. The third kappa shape index (κ3) is 4.70. The smallest absolute Gasteiger partial charge is 0.128 e. The molecule has 0 aromatic heterocycles. The average Bonchev–Trinajstić information content (AvgIpc) is 2.62. The summed E-state index contributed by atoms with van der Waals surface area (Å²) in [7, 11) is 0. The van der Waals surface area contributed by atoms with Crippen molar-refractivity contribution in [2.45, 2.75) is 6.61 Å². The van der Waals surface area contributed by atoms with Crippen LogP contribution in [-0.4, -0.2) is 6.21 Å². The van der Waals surface area contributed by atoms with Crippen LogP contribution in [0.1, 0.15) is 11.1 Å². The van der Waals surface area contributed by atoms with Crippen molar-refractivity contribution in [2.75, 3.05) is 5.43 Å². The quantitative estimate of drug-likeness (QED) is 0.454. The number of ether oxygens (including phenoxy) is 1. The second-order valence-corrected chi connectivity index (χ2v) is 6.11. The lowest BCUT2D eigenvalue weighted by Crippen LogP contribution is -1.99. The second-order valence-electron chi connectivity index (χ2n) is 5.19. The molecule has 3 aromatic rings. The minimum atomic E-state index is 0.532. The number of rotatable bonds is 6. The van der Waals surface area contributed by atoms with E-state index in [0.29, 0.717) is 6.61 Å². The molecule has 0 radical (unpaired) electrons. The summed E-state index contributed by atoms with van der Waals surface area (Å²) in [5, 5.41) is 4.29. The van der Waals surface area contributed by atoms with Gasteiger partial charge in [-0.2, -0.15) is 5.10 Å². The zero-order chi connectivity index (χ0) is 16.6. The van der Waals surface area contributed by atoms with Crippen LogP contribution in [0.3, 0.4) is 0 Å². The Morgan fingerprint density at radius 2 is 1.71 bits per heavy atom. The van der Waals surface area contributed by atoms with Crippen LogP contribution in [-0.2, 0) is 6.61 Å². The highest BCUT2D eigenvalue weighted by molar-refractivity contribution is 9.10.